The minimum Gasteiger partial charge on any atom is -0.486 e. The first-order valence-electron chi connectivity index (χ1n) is 7.35. The molecule has 0 spiro atoms. The molecule has 24 heavy (non-hydrogen) atoms. The van der Waals surface area contributed by atoms with Gasteiger partial charge in [0.25, 0.3) is 5.91 Å². The van der Waals surface area contributed by atoms with Gasteiger partial charge in [0.2, 0.25) is 0 Å². The van der Waals surface area contributed by atoms with Crippen LogP contribution in [0.15, 0.2) is 36.4 Å². The molecule has 5 nitrogen and oxygen atoms in total. The summed E-state index contributed by atoms with van der Waals surface area (Å²) in [5.41, 5.74) is 0.605. The third kappa shape index (κ3) is 3.86. The molecule has 2 aromatic carbocycles. The number of benzene rings is 2. The smallest absolute Gasteiger partial charge is 0.265 e. The Labute approximate surface area is 149 Å². The van der Waals surface area contributed by atoms with Crippen LogP contribution in [0.25, 0.3) is 0 Å². The minimum absolute atomic E-state index is 0.294. The number of fused-ring (bicyclic) bond motifs is 1. The number of amides is 1. The van der Waals surface area contributed by atoms with Gasteiger partial charge in [-0.25, -0.2) is 0 Å². The molecular formula is C17H15Cl2NO4. The Morgan fingerprint density at radius 3 is 2.58 bits per heavy atom. The lowest BCUT2D eigenvalue weighted by Crippen LogP contribution is -2.30. The summed E-state index contributed by atoms with van der Waals surface area (Å²) in [5.74, 6) is 1.45. The van der Waals surface area contributed by atoms with Gasteiger partial charge in [-0.15, -0.1) is 0 Å². The van der Waals surface area contributed by atoms with Gasteiger partial charge < -0.3 is 19.5 Å². The third-order valence-electron chi connectivity index (χ3n) is 3.38. The van der Waals surface area contributed by atoms with Crippen molar-refractivity contribution in [2.24, 2.45) is 0 Å². The standard InChI is InChI=1S/C17H15Cl2NO4/c1-10(24-12-3-4-13(18)14(19)9-12)17(21)20-11-2-5-15-16(8-11)23-7-6-22-15/h2-5,8-10H,6-7H2,1H3,(H,20,21). The Bertz CT molecular complexity index is 766. The molecule has 0 aromatic heterocycles. The molecule has 0 saturated carbocycles. The first kappa shape index (κ1) is 16.7. The van der Waals surface area contributed by atoms with Gasteiger partial charge in [-0.3, -0.25) is 4.79 Å². The van der Waals surface area contributed by atoms with E-state index in [-0.39, 0.29) is 5.91 Å². The Balaban J connectivity index is 1.64. The molecular weight excluding hydrogens is 353 g/mol. The van der Waals surface area contributed by atoms with Crippen molar-refractivity contribution in [3.63, 3.8) is 0 Å². The molecule has 0 radical (unpaired) electrons. The Kier molecular flexibility index (Phi) is 5.02. The van der Waals surface area contributed by atoms with Gasteiger partial charge in [0.1, 0.15) is 19.0 Å². The molecule has 1 amide bonds. The van der Waals surface area contributed by atoms with Crippen LogP contribution in [0.4, 0.5) is 5.69 Å². The fourth-order valence-electron chi connectivity index (χ4n) is 2.17. The quantitative estimate of drug-likeness (QED) is 0.880. The molecule has 0 bridgehead atoms. The number of anilines is 1. The van der Waals surface area contributed by atoms with Crippen LogP contribution in [0.2, 0.25) is 10.0 Å². The van der Waals surface area contributed by atoms with E-state index in [0.29, 0.717) is 46.2 Å². The van der Waals surface area contributed by atoms with Gasteiger partial charge in [0, 0.05) is 17.8 Å². The maximum Gasteiger partial charge on any atom is 0.265 e. The molecule has 3 rings (SSSR count). The van der Waals surface area contributed by atoms with Crippen LogP contribution in [0.3, 0.4) is 0 Å². The van der Waals surface area contributed by atoms with Gasteiger partial charge in [0.05, 0.1) is 10.0 Å². The summed E-state index contributed by atoms with van der Waals surface area (Å²) in [6.07, 6.45) is -0.713. The molecule has 1 aliphatic rings. The second kappa shape index (κ2) is 7.20. The highest BCUT2D eigenvalue weighted by atomic mass is 35.5. The van der Waals surface area contributed by atoms with Gasteiger partial charge in [0.15, 0.2) is 17.6 Å². The highest BCUT2D eigenvalue weighted by Gasteiger charge is 2.17. The van der Waals surface area contributed by atoms with Crippen LogP contribution < -0.4 is 19.5 Å². The summed E-state index contributed by atoms with van der Waals surface area (Å²) in [6.45, 7) is 2.66. The zero-order valence-corrected chi connectivity index (χ0v) is 14.4. The van der Waals surface area contributed by atoms with E-state index < -0.39 is 6.10 Å². The van der Waals surface area contributed by atoms with E-state index in [1.165, 1.54) is 0 Å². The van der Waals surface area contributed by atoms with Crippen molar-refractivity contribution in [3.05, 3.63) is 46.4 Å². The van der Waals surface area contributed by atoms with Crippen molar-refractivity contribution in [3.8, 4) is 17.2 Å². The van der Waals surface area contributed by atoms with E-state index in [2.05, 4.69) is 5.32 Å². The summed E-state index contributed by atoms with van der Waals surface area (Å²) < 4.78 is 16.5. The predicted octanol–water partition coefficient (Wildman–Crippen LogP) is 4.17. The lowest BCUT2D eigenvalue weighted by Gasteiger charge is -2.20. The number of hydrogen-bond acceptors (Lipinski definition) is 4. The first-order chi connectivity index (χ1) is 11.5. The summed E-state index contributed by atoms with van der Waals surface area (Å²) in [7, 11) is 0. The predicted molar refractivity (Wildman–Crippen MR) is 92.6 cm³/mol. The van der Waals surface area contributed by atoms with Gasteiger partial charge in [-0.2, -0.15) is 0 Å². The summed E-state index contributed by atoms with van der Waals surface area (Å²) in [4.78, 5) is 12.3. The fourth-order valence-corrected chi connectivity index (χ4v) is 2.46. The zero-order chi connectivity index (χ0) is 17.1. The maximum absolute atomic E-state index is 12.3. The van der Waals surface area contributed by atoms with Crippen molar-refractivity contribution in [2.45, 2.75) is 13.0 Å². The Hall–Kier alpha value is -2.11. The van der Waals surface area contributed by atoms with Crippen molar-refractivity contribution in [2.75, 3.05) is 18.5 Å². The van der Waals surface area contributed by atoms with Gasteiger partial charge in [-0.1, -0.05) is 23.2 Å². The van der Waals surface area contributed by atoms with E-state index in [1.807, 2.05) is 0 Å². The van der Waals surface area contributed by atoms with Crippen LogP contribution >= 0.6 is 23.2 Å². The van der Waals surface area contributed by atoms with Crippen LogP contribution in [-0.2, 0) is 4.79 Å². The molecule has 1 N–H and O–H groups in total. The number of rotatable bonds is 4. The lowest BCUT2D eigenvalue weighted by atomic mass is 10.2. The van der Waals surface area contributed by atoms with Crippen molar-refractivity contribution >= 4 is 34.8 Å². The van der Waals surface area contributed by atoms with E-state index in [0.717, 1.165) is 0 Å². The normalized spacial score (nSPS) is 14.0. The maximum atomic E-state index is 12.3. The number of hydrogen-bond donors (Lipinski definition) is 1. The molecule has 126 valence electrons. The van der Waals surface area contributed by atoms with Crippen LogP contribution in [0, 0.1) is 0 Å². The molecule has 0 aliphatic carbocycles. The largest absolute Gasteiger partial charge is 0.486 e. The average Bonchev–Trinajstić information content (AvgIpc) is 2.58. The molecule has 0 fully saturated rings. The van der Waals surface area contributed by atoms with Crippen molar-refractivity contribution < 1.29 is 19.0 Å². The van der Waals surface area contributed by atoms with Crippen molar-refractivity contribution in [1.82, 2.24) is 0 Å². The second-order valence-corrected chi connectivity index (χ2v) is 6.00. The topological polar surface area (TPSA) is 56.8 Å². The fraction of sp³-hybridized carbons (Fsp3) is 0.235. The van der Waals surface area contributed by atoms with E-state index in [9.17, 15) is 4.79 Å². The first-order valence-corrected chi connectivity index (χ1v) is 8.11. The molecule has 2 aromatic rings. The highest BCUT2D eigenvalue weighted by molar-refractivity contribution is 6.42. The summed E-state index contributed by atoms with van der Waals surface area (Å²) in [6, 6.07) is 10.1. The minimum atomic E-state index is -0.713. The van der Waals surface area contributed by atoms with E-state index in [1.54, 1.807) is 43.3 Å². The van der Waals surface area contributed by atoms with Crippen LogP contribution in [-0.4, -0.2) is 25.2 Å². The summed E-state index contributed by atoms with van der Waals surface area (Å²) in [5, 5.41) is 3.58. The van der Waals surface area contributed by atoms with Gasteiger partial charge in [-0.05, 0) is 31.2 Å². The number of halogens is 2. The zero-order valence-electron chi connectivity index (χ0n) is 12.8. The SMILES string of the molecule is CC(Oc1ccc(Cl)c(Cl)c1)C(=O)Nc1ccc2c(c1)OCCO2. The summed E-state index contributed by atoms with van der Waals surface area (Å²) >= 11 is 11.8. The second-order valence-electron chi connectivity index (χ2n) is 5.18. The van der Waals surface area contributed by atoms with Crippen LogP contribution in [0.1, 0.15) is 6.92 Å². The monoisotopic (exact) mass is 367 g/mol. The lowest BCUT2D eigenvalue weighted by molar-refractivity contribution is -0.122. The molecule has 0 saturated heterocycles. The average molecular weight is 368 g/mol. The Morgan fingerprint density at radius 2 is 1.83 bits per heavy atom. The molecule has 1 unspecified atom stereocenters. The number of ether oxygens (including phenoxy) is 3. The Morgan fingerprint density at radius 1 is 1.08 bits per heavy atom. The van der Waals surface area contributed by atoms with Gasteiger partial charge >= 0.3 is 0 Å². The number of nitrogens with one attached hydrogen (secondary N) is 1. The third-order valence-corrected chi connectivity index (χ3v) is 4.12. The van der Waals surface area contributed by atoms with Crippen molar-refractivity contribution in [1.29, 1.82) is 0 Å². The molecule has 7 heteroatoms. The number of carbonyl (C=O) groups excluding carboxylic acids is 1. The molecule has 1 heterocycles. The van der Waals surface area contributed by atoms with E-state index in [4.69, 9.17) is 37.4 Å². The molecule has 1 aliphatic heterocycles. The van der Waals surface area contributed by atoms with Crippen LogP contribution in [0.5, 0.6) is 17.2 Å². The highest BCUT2D eigenvalue weighted by Crippen LogP contribution is 2.32. The van der Waals surface area contributed by atoms with E-state index >= 15 is 0 Å². The molecule has 1 atom stereocenters. The number of carbonyl (C=O) groups is 1.